The number of rotatable bonds is 11. The topological polar surface area (TPSA) is 158 Å². The fraction of sp³-hybridized carbons (Fsp3) is 0.367. The molecule has 12 nitrogen and oxygen atoms in total. The minimum absolute atomic E-state index is 0.0144. The SMILES string of the molecule is CC(C)(C)C(=O)OCOP(=O)(OCOC(=O)C(C)(C)C)C(F)(F)c1ccc2ccc(C(=O)Oc3ccc([N+](=O)[O-])cc3)cc2c1. The van der Waals surface area contributed by atoms with Crippen LogP contribution >= 0.6 is 7.60 Å². The normalized spacial score (nSPS) is 12.4. The number of hydrogen-bond donors (Lipinski definition) is 0. The monoisotopic (exact) mass is 651 g/mol. The quantitative estimate of drug-likeness (QED) is 0.0510. The number of alkyl halides is 2. The maximum atomic E-state index is 16.0. The lowest BCUT2D eigenvalue weighted by Crippen LogP contribution is -2.27. The Morgan fingerprint density at radius 3 is 1.78 bits per heavy atom. The fourth-order valence-corrected chi connectivity index (χ4v) is 4.69. The summed E-state index contributed by atoms with van der Waals surface area (Å²) >= 11 is 0. The van der Waals surface area contributed by atoms with Crippen LogP contribution in [-0.2, 0) is 38.3 Å². The van der Waals surface area contributed by atoms with Crippen molar-refractivity contribution in [3.63, 3.8) is 0 Å². The number of esters is 3. The van der Waals surface area contributed by atoms with Crippen molar-refractivity contribution in [2.24, 2.45) is 10.8 Å². The smallest absolute Gasteiger partial charge is 0.410 e. The van der Waals surface area contributed by atoms with Crippen LogP contribution < -0.4 is 4.74 Å². The molecule has 0 aliphatic carbocycles. The highest BCUT2D eigenvalue weighted by atomic mass is 31.2. The zero-order valence-corrected chi connectivity index (χ0v) is 26.2. The molecule has 0 aliphatic rings. The fourth-order valence-electron chi connectivity index (χ4n) is 3.45. The molecule has 0 radical (unpaired) electrons. The number of fused-ring (bicyclic) bond motifs is 1. The molecular weight excluding hydrogens is 619 g/mol. The van der Waals surface area contributed by atoms with Crippen molar-refractivity contribution in [3.8, 4) is 5.75 Å². The molecule has 0 amide bonds. The van der Waals surface area contributed by atoms with Crippen LogP contribution in [0.1, 0.15) is 57.5 Å². The third kappa shape index (κ3) is 8.68. The van der Waals surface area contributed by atoms with Crippen LogP contribution in [0.2, 0.25) is 0 Å². The lowest BCUT2D eigenvalue weighted by Gasteiger charge is -2.27. The van der Waals surface area contributed by atoms with Crippen molar-refractivity contribution < 1.29 is 55.9 Å². The first-order valence-electron chi connectivity index (χ1n) is 13.4. The third-order valence-corrected chi connectivity index (χ3v) is 7.91. The minimum Gasteiger partial charge on any atom is -0.438 e. The van der Waals surface area contributed by atoms with Gasteiger partial charge in [0.25, 0.3) is 5.69 Å². The number of nitrogens with zero attached hydrogens (tertiary/aromatic N) is 1. The van der Waals surface area contributed by atoms with Crippen LogP contribution in [0.25, 0.3) is 10.8 Å². The van der Waals surface area contributed by atoms with Crippen molar-refractivity contribution in [2.75, 3.05) is 13.6 Å². The lowest BCUT2D eigenvalue weighted by atomic mass is 9.98. The van der Waals surface area contributed by atoms with Crippen molar-refractivity contribution in [1.29, 1.82) is 0 Å². The van der Waals surface area contributed by atoms with E-state index in [-0.39, 0.29) is 22.4 Å². The van der Waals surface area contributed by atoms with Crippen LogP contribution in [0, 0.1) is 20.9 Å². The molecule has 0 heterocycles. The standard InChI is InChI=1S/C30H32F2NO11P/c1-28(2,3)26(35)40-17-42-45(39,43-18-41-27(36)29(4,5)6)30(31,32)22-10-9-19-7-8-20(15-21(19)16-22)25(34)44-24-13-11-23(12-14-24)33(37)38/h7-16H,17-18H2,1-6H3. The van der Waals surface area contributed by atoms with Gasteiger partial charge in [-0.05, 0) is 82.6 Å². The highest BCUT2D eigenvalue weighted by Crippen LogP contribution is 2.67. The molecule has 15 heteroatoms. The lowest BCUT2D eigenvalue weighted by molar-refractivity contribution is -0.384. The van der Waals surface area contributed by atoms with E-state index in [9.17, 15) is 29.1 Å². The van der Waals surface area contributed by atoms with Gasteiger partial charge in [0.1, 0.15) is 5.75 Å². The van der Waals surface area contributed by atoms with Gasteiger partial charge in [-0.3, -0.25) is 33.3 Å². The molecule has 242 valence electrons. The van der Waals surface area contributed by atoms with Crippen molar-refractivity contribution >= 4 is 42.0 Å². The average molecular weight is 652 g/mol. The zero-order chi connectivity index (χ0) is 33.8. The van der Waals surface area contributed by atoms with E-state index < -0.39 is 66.1 Å². The van der Waals surface area contributed by atoms with Gasteiger partial charge in [0.05, 0.1) is 21.3 Å². The Bertz CT molecular complexity index is 1610. The second-order valence-corrected chi connectivity index (χ2v) is 13.9. The molecule has 0 aliphatic heterocycles. The Labute approximate surface area is 257 Å². The number of non-ortho nitro benzene ring substituents is 1. The molecule has 0 bridgehead atoms. The number of hydrogen-bond acceptors (Lipinski definition) is 11. The van der Waals surface area contributed by atoms with E-state index in [1.165, 1.54) is 77.9 Å². The summed E-state index contributed by atoms with van der Waals surface area (Å²) in [6.45, 7) is 6.76. The number of nitro benzene ring substituents is 1. The van der Waals surface area contributed by atoms with Gasteiger partial charge in [-0.25, -0.2) is 4.79 Å². The number of carbonyl (C=O) groups excluding carboxylic acids is 3. The molecular formula is C30H32F2NO11P. The highest BCUT2D eigenvalue weighted by Gasteiger charge is 2.56. The molecule has 0 spiro atoms. The van der Waals surface area contributed by atoms with Crippen molar-refractivity contribution in [3.05, 3.63) is 81.9 Å². The summed E-state index contributed by atoms with van der Waals surface area (Å²) in [6, 6.07) is 12.1. The van der Waals surface area contributed by atoms with Gasteiger partial charge in [0.15, 0.2) is 0 Å². The van der Waals surface area contributed by atoms with E-state index in [0.29, 0.717) is 5.39 Å². The summed E-state index contributed by atoms with van der Waals surface area (Å²) in [4.78, 5) is 47.2. The Balaban J connectivity index is 1.90. The van der Waals surface area contributed by atoms with Gasteiger partial charge in [-0.1, -0.05) is 18.2 Å². The second kappa shape index (κ2) is 13.4. The van der Waals surface area contributed by atoms with Crippen molar-refractivity contribution in [2.45, 2.75) is 47.2 Å². The molecule has 45 heavy (non-hydrogen) atoms. The maximum Gasteiger partial charge on any atom is 0.410 e. The predicted octanol–water partition coefficient (Wildman–Crippen LogP) is 7.34. The van der Waals surface area contributed by atoms with Gasteiger partial charge in [0, 0.05) is 17.7 Å². The molecule has 3 aromatic carbocycles. The molecule has 3 rings (SSSR count). The summed E-state index contributed by atoms with van der Waals surface area (Å²) in [5.74, 6) is -2.51. The molecule has 0 atom stereocenters. The van der Waals surface area contributed by atoms with E-state index >= 15 is 8.78 Å². The molecule has 0 aromatic heterocycles. The van der Waals surface area contributed by atoms with E-state index in [0.717, 1.165) is 24.3 Å². The van der Waals surface area contributed by atoms with Crippen LogP contribution in [0.4, 0.5) is 14.5 Å². The first kappa shape index (κ1) is 35.2. The van der Waals surface area contributed by atoms with Gasteiger partial charge in [0.2, 0.25) is 13.6 Å². The largest absolute Gasteiger partial charge is 0.438 e. The van der Waals surface area contributed by atoms with Gasteiger partial charge in [-0.15, -0.1) is 0 Å². The molecule has 0 saturated heterocycles. The molecule has 0 N–H and O–H groups in total. The first-order valence-corrected chi connectivity index (χ1v) is 14.9. The Morgan fingerprint density at radius 1 is 0.778 bits per heavy atom. The number of halogens is 2. The van der Waals surface area contributed by atoms with E-state index in [1.54, 1.807) is 0 Å². The highest BCUT2D eigenvalue weighted by molar-refractivity contribution is 7.54. The Kier molecular flexibility index (Phi) is 10.5. The van der Waals surface area contributed by atoms with Gasteiger partial charge < -0.3 is 14.2 Å². The Hall–Kier alpha value is -4.26. The van der Waals surface area contributed by atoms with Gasteiger partial charge >= 0.3 is 31.2 Å². The van der Waals surface area contributed by atoms with E-state index in [1.807, 2.05) is 0 Å². The van der Waals surface area contributed by atoms with Crippen molar-refractivity contribution in [1.82, 2.24) is 0 Å². The molecule has 0 fully saturated rings. The van der Waals surface area contributed by atoms with Gasteiger partial charge in [-0.2, -0.15) is 8.78 Å². The zero-order valence-electron chi connectivity index (χ0n) is 25.3. The Morgan fingerprint density at radius 2 is 1.29 bits per heavy atom. The van der Waals surface area contributed by atoms with Crippen LogP contribution in [0.3, 0.4) is 0 Å². The summed E-state index contributed by atoms with van der Waals surface area (Å²) in [5, 5.41) is 11.4. The molecule has 3 aromatic rings. The second-order valence-electron chi connectivity index (χ2n) is 11.8. The molecule has 0 unspecified atom stereocenters. The van der Waals surface area contributed by atoms with E-state index in [4.69, 9.17) is 23.3 Å². The number of carbonyl (C=O) groups is 3. The summed E-state index contributed by atoms with van der Waals surface area (Å²) in [5.41, 5.74) is -7.50. The number of ether oxygens (including phenoxy) is 3. The molecule has 0 saturated carbocycles. The number of nitro groups is 1. The van der Waals surface area contributed by atoms with Crippen LogP contribution in [-0.4, -0.2) is 36.4 Å². The summed E-state index contributed by atoms with van der Waals surface area (Å²) in [7, 11) is -5.55. The minimum atomic E-state index is -5.55. The first-order chi connectivity index (χ1) is 20.7. The van der Waals surface area contributed by atoms with E-state index in [2.05, 4.69) is 0 Å². The predicted molar refractivity (Wildman–Crippen MR) is 157 cm³/mol. The van der Waals surface area contributed by atoms with Crippen LogP contribution in [0.5, 0.6) is 5.75 Å². The summed E-state index contributed by atoms with van der Waals surface area (Å²) in [6.07, 6.45) is 0. The average Bonchev–Trinajstić information content (AvgIpc) is 2.95. The summed E-state index contributed by atoms with van der Waals surface area (Å²) < 4.78 is 70.2. The maximum absolute atomic E-state index is 16.0. The van der Waals surface area contributed by atoms with Crippen LogP contribution in [0.15, 0.2) is 60.7 Å². The number of benzene rings is 3. The third-order valence-electron chi connectivity index (χ3n) is 6.08.